The first kappa shape index (κ1) is 23.8. The zero-order valence-corrected chi connectivity index (χ0v) is 20.7. The molecule has 0 saturated heterocycles. The van der Waals surface area contributed by atoms with Gasteiger partial charge in [-0.25, -0.2) is 15.0 Å². The lowest BCUT2D eigenvalue weighted by molar-refractivity contribution is 0.0948. The van der Waals surface area contributed by atoms with Crippen LogP contribution in [0.15, 0.2) is 61.3 Å². The molecule has 0 fully saturated rings. The lowest BCUT2D eigenvalue weighted by Crippen LogP contribution is -2.31. The van der Waals surface area contributed by atoms with Gasteiger partial charge >= 0.3 is 0 Å². The van der Waals surface area contributed by atoms with Crippen LogP contribution in [0.1, 0.15) is 68.8 Å². The van der Waals surface area contributed by atoms with E-state index in [0.717, 1.165) is 43.7 Å². The summed E-state index contributed by atoms with van der Waals surface area (Å²) in [6.45, 7) is 5.61. The number of benzene rings is 1. The van der Waals surface area contributed by atoms with Crippen LogP contribution >= 0.6 is 0 Å². The van der Waals surface area contributed by atoms with Crippen LogP contribution in [0.25, 0.3) is 0 Å². The molecule has 36 heavy (non-hydrogen) atoms. The van der Waals surface area contributed by atoms with Gasteiger partial charge in [0.15, 0.2) is 0 Å². The van der Waals surface area contributed by atoms with Crippen LogP contribution in [0.3, 0.4) is 0 Å². The number of aryl methyl sites for hydroxylation is 3. The first-order valence-corrected chi connectivity index (χ1v) is 12.4. The van der Waals surface area contributed by atoms with Crippen molar-refractivity contribution >= 4 is 5.91 Å². The molecule has 8 nitrogen and oxygen atoms in total. The number of carbonyl (C=O) groups is 1. The quantitative estimate of drug-likeness (QED) is 0.391. The lowest BCUT2D eigenvalue weighted by Gasteiger charge is -2.34. The van der Waals surface area contributed by atoms with Gasteiger partial charge < -0.3 is 10.3 Å². The fourth-order valence-corrected chi connectivity index (χ4v) is 4.98. The van der Waals surface area contributed by atoms with Crippen LogP contribution in [-0.4, -0.2) is 35.7 Å². The van der Waals surface area contributed by atoms with Crippen LogP contribution in [0.2, 0.25) is 0 Å². The largest absolute Gasteiger partial charge is 0.348 e. The normalized spacial score (nSPS) is 15.0. The first-order valence-electron chi connectivity index (χ1n) is 12.4. The van der Waals surface area contributed by atoms with Gasteiger partial charge in [0.2, 0.25) is 0 Å². The van der Waals surface area contributed by atoms with Crippen molar-refractivity contribution in [2.75, 3.05) is 0 Å². The lowest BCUT2D eigenvalue weighted by atomic mass is 9.90. The average Bonchev–Trinajstić information content (AvgIpc) is 3.41. The molecule has 3 aromatic heterocycles. The van der Waals surface area contributed by atoms with E-state index in [1.807, 2.05) is 32.3 Å². The van der Waals surface area contributed by atoms with E-state index in [-0.39, 0.29) is 11.9 Å². The number of H-pyrrole nitrogens is 1. The summed E-state index contributed by atoms with van der Waals surface area (Å²) >= 11 is 0. The molecule has 1 atom stereocenters. The molecule has 1 aliphatic carbocycles. The molecule has 3 heterocycles. The minimum absolute atomic E-state index is 0.150. The summed E-state index contributed by atoms with van der Waals surface area (Å²) in [4.78, 5) is 35.9. The van der Waals surface area contributed by atoms with Crippen molar-refractivity contribution in [3.05, 3.63) is 106 Å². The van der Waals surface area contributed by atoms with E-state index in [2.05, 4.69) is 60.5 Å². The third-order valence-corrected chi connectivity index (χ3v) is 6.83. The van der Waals surface area contributed by atoms with Crippen molar-refractivity contribution in [2.24, 2.45) is 0 Å². The van der Waals surface area contributed by atoms with E-state index in [0.29, 0.717) is 23.5 Å². The zero-order valence-electron chi connectivity index (χ0n) is 20.7. The van der Waals surface area contributed by atoms with Crippen LogP contribution in [0, 0.1) is 13.8 Å². The number of amides is 1. The highest BCUT2D eigenvalue weighted by Gasteiger charge is 2.28. The summed E-state index contributed by atoms with van der Waals surface area (Å²) in [6.07, 6.45) is 10.4. The standard InChI is InChI=1S/C28H31N7O/c1-19-26(20(2)34-18-33-19)28(36)32-15-21-8-10-22(11-9-21)16-35(17-25-29-13-14-30-25)24-7-3-5-23-6-4-12-31-27(23)24/h4,6,8-14,18,24H,3,5,7,15-17H2,1-2H3,(H,29,30)(H,32,36). The van der Waals surface area contributed by atoms with E-state index in [9.17, 15) is 4.79 Å². The second-order valence-electron chi connectivity index (χ2n) is 9.32. The summed E-state index contributed by atoms with van der Waals surface area (Å²) in [5, 5.41) is 3.00. The Balaban J connectivity index is 1.29. The Kier molecular flexibility index (Phi) is 7.13. The number of aromatic nitrogens is 5. The summed E-state index contributed by atoms with van der Waals surface area (Å²) in [6, 6.07) is 12.9. The van der Waals surface area contributed by atoms with Crippen molar-refractivity contribution < 1.29 is 4.79 Å². The van der Waals surface area contributed by atoms with Crippen molar-refractivity contribution in [1.82, 2.24) is 35.1 Å². The second-order valence-corrected chi connectivity index (χ2v) is 9.32. The smallest absolute Gasteiger partial charge is 0.255 e. The van der Waals surface area contributed by atoms with Gasteiger partial charge in [0.25, 0.3) is 5.91 Å². The fraction of sp³-hybridized carbons (Fsp3) is 0.321. The topological polar surface area (TPSA) is 99.7 Å². The molecule has 0 aliphatic heterocycles. The molecule has 0 bridgehead atoms. The van der Waals surface area contributed by atoms with Gasteiger partial charge in [-0.05, 0) is 55.9 Å². The van der Waals surface area contributed by atoms with Gasteiger partial charge in [0.05, 0.1) is 35.2 Å². The molecule has 1 amide bonds. The van der Waals surface area contributed by atoms with E-state index >= 15 is 0 Å². The molecule has 8 heteroatoms. The maximum atomic E-state index is 12.7. The molecule has 4 aromatic rings. The predicted molar refractivity (Wildman–Crippen MR) is 137 cm³/mol. The van der Waals surface area contributed by atoms with E-state index < -0.39 is 0 Å². The third-order valence-electron chi connectivity index (χ3n) is 6.83. The summed E-state index contributed by atoms with van der Waals surface area (Å²) in [5.41, 5.74) is 6.70. The average molecular weight is 482 g/mol. The molecule has 184 valence electrons. The van der Waals surface area contributed by atoms with E-state index in [4.69, 9.17) is 4.98 Å². The third kappa shape index (κ3) is 5.33. The Hall–Kier alpha value is -3.91. The molecule has 1 unspecified atom stereocenters. The Bertz CT molecular complexity index is 1300. The van der Waals surface area contributed by atoms with Crippen LogP contribution < -0.4 is 5.32 Å². The monoisotopic (exact) mass is 481 g/mol. The number of nitrogens with zero attached hydrogens (tertiary/aromatic N) is 5. The summed E-state index contributed by atoms with van der Waals surface area (Å²) < 4.78 is 0. The van der Waals surface area contributed by atoms with Crippen molar-refractivity contribution in [3.8, 4) is 0 Å². The Morgan fingerprint density at radius 1 is 1.00 bits per heavy atom. The van der Waals surface area contributed by atoms with Gasteiger partial charge in [-0.1, -0.05) is 30.3 Å². The van der Waals surface area contributed by atoms with Gasteiger partial charge in [-0.3, -0.25) is 14.7 Å². The number of aromatic amines is 1. The zero-order chi connectivity index (χ0) is 24.9. The second kappa shape index (κ2) is 10.8. The number of hydrogen-bond donors (Lipinski definition) is 2. The van der Waals surface area contributed by atoms with Crippen LogP contribution in [-0.2, 0) is 26.1 Å². The van der Waals surface area contributed by atoms with Gasteiger partial charge in [0, 0.05) is 31.7 Å². The van der Waals surface area contributed by atoms with E-state index in [1.165, 1.54) is 23.1 Å². The highest BCUT2D eigenvalue weighted by atomic mass is 16.1. The molecule has 0 radical (unpaired) electrons. The summed E-state index contributed by atoms with van der Waals surface area (Å²) in [7, 11) is 0. The number of hydrogen-bond acceptors (Lipinski definition) is 6. The van der Waals surface area contributed by atoms with Crippen molar-refractivity contribution in [3.63, 3.8) is 0 Å². The summed E-state index contributed by atoms with van der Waals surface area (Å²) in [5.74, 6) is 0.802. The molecule has 1 aliphatic rings. The predicted octanol–water partition coefficient (Wildman–Crippen LogP) is 4.22. The molecule has 1 aromatic carbocycles. The number of rotatable bonds is 8. The first-order chi connectivity index (χ1) is 17.6. The maximum Gasteiger partial charge on any atom is 0.255 e. The molecular weight excluding hydrogens is 450 g/mol. The highest BCUT2D eigenvalue weighted by Crippen LogP contribution is 2.34. The van der Waals surface area contributed by atoms with Crippen LogP contribution in [0.4, 0.5) is 0 Å². The maximum absolute atomic E-state index is 12.7. The van der Waals surface area contributed by atoms with Gasteiger partial charge in [-0.2, -0.15) is 0 Å². The number of pyridine rings is 1. The molecule has 0 spiro atoms. The Morgan fingerprint density at radius 2 is 1.78 bits per heavy atom. The highest BCUT2D eigenvalue weighted by molar-refractivity contribution is 5.96. The SMILES string of the molecule is Cc1ncnc(C)c1C(=O)NCc1ccc(CN(Cc2ncc[nH]2)C2CCCc3cccnc32)cc1. The van der Waals surface area contributed by atoms with E-state index in [1.54, 1.807) is 6.20 Å². The fourth-order valence-electron chi connectivity index (χ4n) is 4.98. The number of nitrogens with one attached hydrogen (secondary N) is 2. The van der Waals surface area contributed by atoms with Gasteiger partial charge in [-0.15, -0.1) is 0 Å². The number of carbonyl (C=O) groups excluding carboxylic acids is 1. The molecular formula is C28H31N7O. The molecule has 5 rings (SSSR count). The van der Waals surface area contributed by atoms with Crippen molar-refractivity contribution in [2.45, 2.75) is 58.8 Å². The molecule has 0 saturated carbocycles. The number of imidazole rings is 1. The van der Waals surface area contributed by atoms with Crippen LogP contribution in [0.5, 0.6) is 0 Å². The Morgan fingerprint density at radius 3 is 2.53 bits per heavy atom. The Labute approximate surface area is 211 Å². The minimum atomic E-state index is -0.150. The van der Waals surface area contributed by atoms with Crippen molar-refractivity contribution in [1.29, 1.82) is 0 Å². The molecule has 2 N–H and O–H groups in total. The number of fused-ring (bicyclic) bond motifs is 1. The minimum Gasteiger partial charge on any atom is -0.348 e. The van der Waals surface area contributed by atoms with Gasteiger partial charge in [0.1, 0.15) is 12.2 Å².